The summed E-state index contributed by atoms with van der Waals surface area (Å²) in [5, 5.41) is 8.67. The number of fused-ring (bicyclic) bond motifs is 3. The molecule has 0 spiro atoms. The van der Waals surface area contributed by atoms with E-state index in [4.69, 9.17) is 4.74 Å². The average Bonchev–Trinajstić information content (AvgIpc) is 3.45. The monoisotopic (exact) mass is 411 g/mol. The number of nitrogens with zero attached hydrogens (tertiary/aromatic N) is 4. The zero-order chi connectivity index (χ0) is 20.0. The van der Waals surface area contributed by atoms with Gasteiger partial charge in [-0.2, -0.15) is 0 Å². The number of sulfone groups is 1. The SMILES string of the molecule is COc1ccc(S(=O)(=O)C[C@H]2CC[C@@H](c3nnc4cnc5[nH]ccc5n34)C2)cc1. The van der Waals surface area contributed by atoms with Crippen LogP contribution in [0, 0.1) is 5.92 Å². The smallest absolute Gasteiger partial charge is 0.179 e. The van der Waals surface area contributed by atoms with Crippen LogP contribution < -0.4 is 4.74 Å². The number of H-pyrrole nitrogens is 1. The number of aromatic nitrogens is 5. The number of methoxy groups -OCH3 is 1. The first-order valence-electron chi connectivity index (χ1n) is 9.59. The van der Waals surface area contributed by atoms with E-state index in [0.717, 1.165) is 36.3 Å². The highest BCUT2D eigenvalue weighted by molar-refractivity contribution is 7.91. The summed E-state index contributed by atoms with van der Waals surface area (Å²) in [4.78, 5) is 7.80. The van der Waals surface area contributed by atoms with Gasteiger partial charge < -0.3 is 9.72 Å². The van der Waals surface area contributed by atoms with Crippen molar-refractivity contribution in [3.05, 3.63) is 48.5 Å². The Hall–Kier alpha value is -2.94. The number of nitrogens with one attached hydrogen (secondary N) is 1. The third-order valence-corrected chi connectivity index (χ3v) is 7.65. The van der Waals surface area contributed by atoms with Crippen LogP contribution in [0.25, 0.3) is 16.8 Å². The van der Waals surface area contributed by atoms with Gasteiger partial charge >= 0.3 is 0 Å². The molecule has 1 fully saturated rings. The number of hydrogen-bond acceptors (Lipinski definition) is 6. The molecule has 1 aliphatic carbocycles. The van der Waals surface area contributed by atoms with E-state index in [9.17, 15) is 8.42 Å². The van der Waals surface area contributed by atoms with Crippen molar-refractivity contribution >= 4 is 26.6 Å². The van der Waals surface area contributed by atoms with E-state index >= 15 is 0 Å². The number of hydrogen-bond donors (Lipinski definition) is 1. The maximum absolute atomic E-state index is 12.8. The molecule has 0 saturated heterocycles. The van der Waals surface area contributed by atoms with Gasteiger partial charge in [0.15, 0.2) is 21.1 Å². The minimum absolute atomic E-state index is 0.100. The molecule has 2 atom stereocenters. The molecule has 0 amide bonds. The van der Waals surface area contributed by atoms with Crippen molar-refractivity contribution in [1.29, 1.82) is 0 Å². The van der Waals surface area contributed by atoms with E-state index < -0.39 is 9.84 Å². The summed E-state index contributed by atoms with van der Waals surface area (Å²) in [6.07, 6.45) is 6.09. The fourth-order valence-electron chi connectivity index (χ4n) is 4.31. The lowest BCUT2D eigenvalue weighted by Gasteiger charge is -2.12. The third-order valence-electron chi connectivity index (χ3n) is 5.75. The molecule has 1 saturated carbocycles. The molecule has 0 unspecified atom stereocenters. The van der Waals surface area contributed by atoms with Crippen molar-refractivity contribution in [1.82, 2.24) is 24.6 Å². The van der Waals surface area contributed by atoms with Crippen LogP contribution in [-0.4, -0.2) is 45.8 Å². The van der Waals surface area contributed by atoms with Gasteiger partial charge in [-0.05, 0) is 55.5 Å². The maximum Gasteiger partial charge on any atom is 0.179 e. The summed E-state index contributed by atoms with van der Waals surface area (Å²) in [6.45, 7) is 0. The van der Waals surface area contributed by atoms with E-state index in [1.165, 1.54) is 0 Å². The Morgan fingerprint density at radius 1 is 1.17 bits per heavy atom. The molecule has 0 bridgehead atoms. The predicted molar refractivity (Wildman–Crippen MR) is 108 cm³/mol. The maximum atomic E-state index is 12.8. The van der Waals surface area contributed by atoms with Crippen LogP contribution >= 0.6 is 0 Å². The van der Waals surface area contributed by atoms with Crippen molar-refractivity contribution in [2.45, 2.75) is 30.1 Å². The van der Waals surface area contributed by atoms with E-state index in [1.807, 2.05) is 16.7 Å². The fourth-order valence-corrected chi connectivity index (χ4v) is 5.98. The fraction of sp³-hybridized carbons (Fsp3) is 0.350. The van der Waals surface area contributed by atoms with Gasteiger partial charge in [-0.15, -0.1) is 10.2 Å². The second-order valence-electron chi connectivity index (χ2n) is 7.55. The normalized spacial score (nSPS) is 19.9. The van der Waals surface area contributed by atoms with E-state index in [1.54, 1.807) is 37.6 Å². The van der Waals surface area contributed by atoms with Crippen LogP contribution in [0.4, 0.5) is 0 Å². The predicted octanol–water partition coefficient (Wildman–Crippen LogP) is 2.97. The molecule has 1 aromatic carbocycles. The molecule has 9 heteroatoms. The standard InChI is InChI=1S/C20H21N5O3S/c1-28-15-4-6-16(7-5-15)29(26,27)12-13-2-3-14(10-13)20-24-23-18-11-22-19-17(25(18)20)8-9-21-19/h4-9,11,13-14,21H,2-3,10,12H2,1H3/t13-,14+/m0/s1. The summed E-state index contributed by atoms with van der Waals surface area (Å²) >= 11 is 0. The molecule has 3 aromatic heterocycles. The van der Waals surface area contributed by atoms with E-state index in [-0.39, 0.29) is 17.6 Å². The highest BCUT2D eigenvalue weighted by Gasteiger charge is 2.33. The van der Waals surface area contributed by atoms with Crippen molar-refractivity contribution in [3.63, 3.8) is 0 Å². The molecule has 5 rings (SSSR count). The largest absolute Gasteiger partial charge is 0.497 e. The minimum Gasteiger partial charge on any atom is -0.497 e. The van der Waals surface area contributed by atoms with Crippen molar-refractivity contribution in [3.8, 4) is 5.75 Å². The number of benzene rings is 1. The molecule has 150 valence electrons. The van der Waals surface area contributed by atoms with Crippen LogP contribution in [0.5, 0.6) is 5.75 Å². The quantitative estimate of drug-likeness (QED) is 0.542. The topological polar surface area (TPSA) is 102 Å². The van der Waals surface area contributed by atoms with Gasteiger partial charge in [-0.25, -0.2) is 13.4 Å². The second-order valence-corrected chi connectivity index (χ2v) is 9.59. The van der Waals surface area contributed by atoms with Gasteiger partial charge in [0.05, 0.1) is 29.5 Å². The van der Waals surface area contributed by atoms with Crippen LogP contribution in [0.15, 0.2) is 47.6 Å². The van der Waals surface area contributed by atoms with Gasteiger partial charge in [0.25, 0.3) is 0 Å². The molecule has 29 heavy (non-hydrogen) atoms. The summed E-state index contributed by atoms with van der Waals surface area (Å²) in [5.41, 5.74) is 2.44. The Balaban J connectivity index is 1.37. The van der Waals surface area contributed by atoms with Gasteiger partial charge in [0.2, 0.25) is 0 Å². The Kier molecular flexibility index (Phi) is 4.27. The summed E-state index contributed by atoms with van der Waals surface area (Å²) in [6, 6.07) is 8.55. The molecular weight excluding hydrogens is 390 g/mol. The Morgan fingerprint density at radius 2 is 2.00 bits per heavy atom. The van der Waals surface area contributed by atoms with Crippen LogP contribution in [0.1, 0.15) is 31.0 Å². The van der Waals surface area contributed by atoms with Crippen molar-refractivity contribution in [2.24, 2.45) is 5.92 Å². The molecule has 8 nitrogen and oxygen atoms in total. The van der Waals surface area contributed by atoms with Crippen LogP contribution in [0.3, 0.4) is 0 Å². The van der Waals surface area contributed by atoms with Gasteiger partial charge in [0.1, 0.15) is 11.6 Å². The molecule has 3 heterocycles. The highest BCUT2D eigenvalue weighted by atomic mass is 32.2. The van der Waals surface area contributed by atoms with Crippen molar-refractivity contribution in [2.75, 3.05) is 12.9 Å². The number of aromatic amines is 1. The van der Waals surface area contributed by atoms with Crippen LogP contribution in [0.2, 0.25) is 0 Å². The third kappa shape index (κ3) is 3.15. The molecule has 0 aliphatic heterocycles. The Labute approximate surface area is 167 Å². The molecule has 0 radical (unpaired) electrons. The van der Waals surface area contributed by atoms with E-state index in [0.29, 0.717) is 16.3 Å². The Bertz CT molecular complexity index is 1280. The second kappa shape index (κ2) is 6.84. The summed E-state index contributed by atoms with van der Waals surface area (Å²) < 4.78 is 32.8. The summed E-state index contributed by atoms with van der Waals surface area (Å²) in [5.74, 6) is 1.96. The molecule has 4 aromatic rings. The first-order chi connectivity index (χ1) is 14.0. The number of ether oxygens (including phenoxy) is 1. The first kappa shape index (κ1) is 18.1. The highest BCUT2D eigenvalue weighted by Crippen LogP contribution is 2.39. The van der Waals surface area contributed by atoms with Crippen LogP contribution in [-0.2, 0) is 9.84 Å². The van der Waals surface area contributed by atoms with E-state index in [2.05, 4.69) is 20.2 Å². The van der Waals surface area contributed by atoms with Gasteiger partial charge in [-0.3, -0.25) is 4.40 Å². The molecule has 1 N–H and O–H groups in total. The zero-order valence-corrected chi connectivity index (χ0v) is 16.8. The minimum atomic E-state index is -3.34. The average molecular weight is 411 g/mol. The molecular formula is C20H21N5O3S. The van der Waals surface area contributed by atoms with Crippen molar-refractivity contribution < 1.29 is 13.2 Å². The number of rotatable bonds is 5. The first-order valence-corrected chi connectivity index (χ1v) is 11.2. The lowest BCUT2D eigenvalue weighted by Crippen LogP contribution is -2.14. The zero-order valence-electron chi connectivity index (χ0n) is 15.9. The lowest BCUT2D eigenvalue weighted by atomic mass is 10.1. The molecule has 1 aliphatic rings. The lowest BCUT2D eigenvalue weighted by molar-refractivity contribution is 0.414. The Morgan fingerprint density at radius 3 is 2.79 bits per heavy atom. The van der Waals surface area contributed by atoms with Gasteiger partial charge in [-0.1, -0.05) is 0 Å². The van der Waals surface area contributed by atoms with Gasteiger partial charge in [0, 0.05) is 12.1 Å². The summed E-state index contributed by atoms with van der Waals surface area (Å²) in [7, 11) is -1.78.